The topological polar surface area (TPSA) is 293 Å². The molecular formula is C67H86FN7O15. The Kier molecular flexibility index (Phi) is 18.7. The molecule has 486 valence electrons. The van der Waals surface area contributed by atoms with Crippen molar-refractivity contribution in [1.29, 1.82) is 0 Å². The number of aromatic carboxylic acids is 1. The number of aliphatic hydroxyl groups is 2. The van der Waals surface area contributed by atoms with Crippen LogP contribution in [0.3, 0.4) is 0 Å². The number of methoxy groups -OCH3 is 2. The van der Waals surface area contributed by atoms with Gasteiger partial charge >= 0.3 is 17.7 Å². The van der Waals surface area contributed by atoms with Crippen molar-refractivity contribution in [2.24, 2.45) is 45.5 Å². The molecular weight excluding hydrogens is 1160 g/mol. The third-order valence-corrected chi connectivity index (χ3v) is 19.4. The number of aliphatic hydroxyl groups excluding tert-OH is 2. The van der Waals surface area contributed by atoms with Gasteiger partial charge in [0.25, 0.3) is 11.7 Å². The van der Waals surface area contributed by atoms with E-state index < -0.39 is 100 Å². The fourth-order valence-corrected chi connectivity index (χ4v) is 14.2. The number of carbonyl (C=O) groups is 4. The maximum absolute atomic E-state index is 15.3. The predicted molar refractivity (Wildman–Crippen MR) is 334 cm³/mol. The Labute approximate surface area is 522 Å². The summed E-state index contributed by atoms with van der Waals surface area (Å²) < 4.78 is 46.8. The quantitative estimate of drug-likeness (QED) is 0.0682. The molecule has 4 fully saturated rings. The highest BCUT2D eigenvalue weighted by atomic mass is 19.1. The number of ketones is 1. The summed E-state index contributed by atoms with van der Waals surface area (Å²) in [4.78, 5) is 79.2. The Balaban J connectivity index is 0.000000254. The predicted octanol–water partition coefficient (Wildman–Crippen LogP) is 7.12. The van der Waals surface area contributed by atoms with Crippen molar-refractivity contribution in [3.8, 4) is 23.0 Å². The van der Waals surface area contributed by atoms with E-state index in [4.69, 9.17) is 28.7 Å². The molecule has 22 nitrogen and oxygen atoms in total. The number of amides is 1. The van der Waals surface area contributed by atoms with Crippen LogP contribution in [0.2, 0.25) is 0 Å². The van der Waals surface area contributed by atoms with Gasteiger partial charge < -0.3 is 74.2 Å². The first-order chi connectivity index (χ1) is 42.6. The fourth-order valence-electron chi connectivity index (χ4n) is 14.2. The largest absolute Gasteiger partial charge is 0.507 e. The van der Waals surface area contributed by atoms with Gasteiger partial charge in [-0.3, -0.25) is 24.2 Å². The molecule has 7 N–H and O–H groups in total. The lowest BCUT2D eigenvalue weighted by atomic mass is 9.78. The Morgan fingerprint density at radius 1 is 0.933 bits per heavy atom. The number of anilines is 2. The van der Waals surface area contributed by atoms with Crippen LogP contribution < -0.4 is 41.2 Å². The molecule has 6 aliphatic heterocycles. The van der Waals surface area contributed by atoms with Crippen LogP contribution in [0.4, 0.5) is 15.8 Å². The number of ether oxygens (including phenoxy) is 5. The van der Waals surface area contributed by atoms with Crippen molar-refractivity contribution in [3.63, 3.8) is 0 Å². The van der Waals surface area contributed by atoms with Crippen molar-refractivity contribution in [2.75, 3.05) is 63.7 Å². The van der Waals surface area contributed by atoms with E-state index in [0.717, 1.165) is 58.4 Å². The number of phenolic OH excluding ortho intramolecular Hbond substituents is 2. The van der Waals surface area contributed by atoms with E-state index in [1.165, 1.54) is 46.6 Å². The van der Waals surface area contributed by atoms with Crippen molar-refractivity contribution in [1.82, 2.24) is 14.8 Å². The van der Waals surface area contributed by atoms with Crippen molar-refractivity contribution in [2.45, 2.75) is 156 Å². The number of hydrogen-bond donors (Lipinski definition) is 7. The molecule has 90 heavy (non-hydrogen) atoms. The number of phenols is 2. The monoisotopic (exact) mass is 1250 g/mol. The van der Waals surface area contributed by atoms with Crippen LogP contribution in [0.5, 0.6) is 23.0 Å². The summed E-state index contributed by atoms with van der Waals surface area (Å²) in [5.41, 5.74) is -0.267. The first kappa shape index (κ1) is 65.5. The number of nitrogens with zero attached hydrogens (tertiary/aromatic N) is 5. The summed E-state index contributed by atoms with van der Waals surface area (Å²) in [6.45, 7) is 21.9. The number of aromatic hydroxyl groups is 2. The molecule has 7 aliphatic rings. The number of aromatic nitrogens is 1. The van der Waals surface area contributed by atoms with Gasteiger partial charge in [-0.05, 0) is 70.1 Å². The molecule has 3 aromatic carbocycles. The van der Waals surface area contributed by atoms with E-state index in [2.05, 4.69) is 34.4 Å². The lowest BCUT2D eigenvalue weighted by molar-refractivity contribution is -0.160. The molecule has 1 amide bonds. The number of nitrogens with one attached hydrogen (secondary N) is 2. The number of benzene rings is 3. The zero-order valence-corrected chi connectivity index (χ0v) is 53.4. The molecule has 1 saturated carbocycles. The number of carboxylic acid groups (broad SMARTS) is 1. The summed E-state index contributed by atoms with van der Waals surface area (Å²) in [6, 6.07) is 1.62. The SMILES string of the molecule is CO[C@H]1/C=C/O[C@@]2(C)Oc3c(C)c(O)c4c(O)c(c5c(c4c3C2=O)NC2(CCN(CC(C)C)CC2)N=5)=NC(=O)/C(C)=C\C=C\[C@H](C)[C@H](O)[C@@H](C)[C@@H](O)[C@@H](C)[C@H](OC(C)=O)[C@@H]1C.COc1c(N2C[C@@H]3CCCN[C@@H]3C2)c(F)cc2c(=O)c(C(=O)O)cn(C3CC3)c12. The third kappa shape index (κ3) is 12.2. The molecule has 0 radical (unpaired) electrons. The highest BCUT2D eigenvalue weighted by molar-refractivity contribution is 6.21. The second-order valence-corrected chi connectivity index (χ2v) is 26.3. The van der Waals surface area contributed by atoms with Crippen molar-refractivity contribution in [3.05, 3.63) is 91.8 Å². The van der Waals surface area contributed by atoms with Gasteiger partial charge in [0, 0.05) is 125 Å². The number of carbonyl (C=O) groups excluding carboxylic acids is 3. The Morgan fingerprint density at radius 2 is 1.64 bits per heavy atom. The summed E-state index contributed by atoms with van der Waals surface area (Å²) in [6.07, 6.45) is 10.5. The van der Waals surface area contributed by atoms with E-state index >= 15 is 4.39 Å². The lowest BCUT2D eigenvalue weighted by Crippen LogP contribution is -2.47. The number of allylic oxidation sites excluding steroid dienone is 2. The van der Waals surface area contributed by atoms with Gasteiger partial charge in [0.2, 0.25) is 5.43 Å². The lowest BCUT2D eigenvalue weighted by Gasteiger charge is -2.38. The van der Waals surface area contributed by atoms with Crippen LogP contribution in [-0.4, -0.2) is 154 Å². The number of Topliss-reactive ketones (excluding diaryl/α,β-unsaturated/α-hetero) is 1. The van der Waals surface area contributed by atoms with Crippen LogP contribution >= 0.6 is 0 Å². The molecule has 4 bridgehead atoms. The van der Waals surface area contributed by atoms with Crippen LogP contribution in [0.1, 0.15) is 133 Å². The van der Waals surface area contributed by atoms with E-state index in [-0.39, 0.29) is 66.7 Å². The molecule has 23 heteroatoms. The molecule has 1 aliphatic carbocycles. The Morgan fingerprint density at radius 3 is 2.28 bits per heavy atom. The normalized spacial score (nSPS) is 29.9. The highest BCUT2D eigenvalue weighted by Gasteiger charge is 2.51. The fraction of sp³-hybridized carbons (Fsp3) is 0.567. The summed E-state index contributed by atoms with van der Waals surface area (Å²) in [5, 5.41) is 63.6. The maximum atomic E-state index is 15.3. The number of likely N-dealkylation sites (tertiary alicyclic amines) is 1. The van der Waals surface area contributed by atoms with E-state index in [1.54, 1.807) is 70.4 Å². The van der Waals surface area contributed by atoms with E-state index in [0.29, 0.717) is 59.9 Å². The Bertz CT molecular complexity index is 3800. The minimum absolute atomic E-state index is 0.0538. The number of pyridine rings is 1. The number of carboxylic acids is 1. The number of esters is 1. The third-order valence-electron chi connectivity index (χ3n) is 19.4. The molecule has 1 aromatic heterocycles. The van der Waals surface area contributed by atoms with E-state index in [1.807, 2.05) is 4.90 Å². The molecule has 7 heterocycles. The molecule has 11 rings (SSSR count). The van der Waals surface area contributed by atoms with Gasteiger partial charge in [0.05, 0.1) is 59.2 Å². The second kappa shape index (κ2) is 25.7. The van der Waals surface area contributed by atoms with Crippen LogP contribution in [-0.2, 0) is 23.8 Å². The second-order valence-electron chi connectivity index (χ2n) is 26.3. The van der Waals surface area contributed by atoms with Crippen molar-refractivity contribution >= 4 is 56.7 Å². The molecule has 1 spiro atoms. The number of rotatable bonds is 8. The maximum Gasteiger partial charge on any atom is 0.341 e. The van der Waals surface area contributed by atoms with Gasteiger partial charge in [-0.2, -0.15) is 0 Å². The van der Waals surface area contributed by atoms with E-state index in [9.17, 15) is 49.5 Å². The number of hydrogen-bond acceptors (Lipinski definition) is 19. The average Bonchev–Trinajstić information content (AvgIpc) is 1.52. The minimum atomic E-state index is -1.95. The van der Waals surface area contributed by atoms with Crippen molar-refractivity contribution < 1.29 is 72.8 Å². The number of fused-ring (bicyclic) bond motifs is 3. The highest BCUT2D eigenvalue weighted by Crippen LogP contribution is 2.52. The van der Waals surface area contributed by atoms with Gasteiger partial charge in [-0.15, -0.1) is 0 Å². The zero-order chi connectivity index (χ0) is 65.2. The molecule has 11 atom stereocenters. The average molecular weight is 1250 g/mol. The van der Waals surface area contributed by atoms with Gasteiger partial charge in [-0.1, -0.05) is 59.8 Å². The minimum Gasteiger partial charge on any atom is -0.507 e. The van der Waals surface area contributed by atoms with Gasteiger partial charge in [0.1, 0.15) is 45.2 Å². The van der Waals surface area contributed by atoms with Crippen LogP contribution in [0.15, 0.2) is 63.2 Å². The van der Waals surface area contributed by atoms with Crippen LogP contribution in [0, 0.1) is 48.2 Å². The van der Waals surface area contributed by atoms with Gasteiger partial charge in [0.15, 0.2) is 17.3 Å². The molecule has 4 aromatic rings. The standard InChI is InChI=1S/C46H62N4O11.C21H24FN3O4/c1-22(2)21-50-18-16-46(17-19-50)48-34-31-32-39(54)28(8)42-33(31)43(56)45(10,61-42)59-20-15-30(58-11)25(5)41(60-29(9)51)27(7)38(53)26(6)37(52)23(3)13-12-14-24(4)44(57)47-36(40(32)55)35(34)49-46;1-29-20-17-13(19(26)14(21(27)28)9-25(17)12-4-5-12)7-15(22)18(20)24-8-11-3-2-6-23-16(11)10-24/h12-15,20,22-23,25-27,30,37-38,41,48,52-55H,16-19,21H2,1-11H3;7,9,11-12,16,23H,2-6,8,10H2,1H3,(H,27,28)/b13-12+,20-15+,24-14-,47-36?;/t23-,25+,26+,27+,30-,37-,38+,41+,45-;11-,16+/m00/s1. The summed E-state index contributed by atoms with van der Waals surface area (Å²) in [5.74, 6) is -7.64. The molecule has 3 saturated heterocycles. The number of piperidine rings is 2. The number of halogens is 1. The first-order valence-electron chi connectivity index (χ1n) is 31.4. The van der Waals surface area contributed by atoms with Crippen LogP contribution in [0.25, 0.3) is 21.7 Å². The summed E-state index contributed by atoms with van der Waals surface area (Å²) in [7, 11) is 2.95. The Hall–Kier alpha value is -7.44. The van der Waals surface area contributed by atoms with Gasteiger partial charge in [-0.25, -0.2) is 14.2 Å². The first-order valence-corrected chi connectivity index (χ1v) is 31.4. The zero-order valence-electron chi connectivity index (χ0n) is 53.4. The molecule has 0 unspecified atom stereocenters. The summed E-state index contributed by atoms with van der Waals surface area (Å²) >= 11 is 0. The smallest absolute Gasteiger partial charge is 0.341 e.